The SMILES string of the molecule is O=C(O)[C@@H]1C[C@@H]1C(=O)N1CCC([C@H](O)c2ccc(F)cc2)CC1. The van der Waals surface area contributed by atoms with Gasteiger partial charge in [0.15, 0.2) is 0 Å². The number of hydrogen-bond acceptors (Lipinski definition) is 3. The summed E-state index contributed by atoms with van der Waals surface area (Å²) in [5, 5.41) is 19.3. The molecule has 1 saturated heterocycles. The fourth-order valence-corrected chi connectivity index (χ4v) is 3.34. The van der Waals surface area contributed by atoms with Crippen LogP contribution in [0.4, 0.5) is 4.39 Å². The summed E-state index contributed by atoms with van der Waals surface area (Å²) in [6.45, 7) is 1.06. The van der Waals surface area contributed by atoms with E-state index in [9.17, 15) is 19.1 Å². The van der Waals surface area contributed by atoms with Crippen molar-refractivity contribution in [3.05, 3.63) is 35.6 Å². The molecule has 5 nitrogen and oxygen atoms in total. The first-order chi connectivity index (χ1) is 11.0. The Kier molecular flexibility index (Phi) is 4.35. The molecule has 23 heavy (non-hydrogen) atoms. The highest BCUT2D eigenvalue weighted by Crippen LogP contribution is 2.41. The molecule has 1 aliphatic carbocycles. The van der Waals surface area contributed by atoms with E-state index in [1.54, 1.807) is 17.0 Å². The van der Waals surface area contributed by atoms with Crippen LogP contribution in [0.15, 0.2) is 24.3 Å². The molecule has 6 heteroatoms. The quantitative estimate of drug-likeness (QED) is 0.887. The van der Waals surface area contributed by atoms with Crippen LogP contribution in [0.5, 0.6) is 0 Å². The number of carbonyl (C=O) groups is 2. The molecule has 3 atom stereocenters. The van der Waals surface area contributed by atoms with Crippen LogP contribution < -0.4 is 0 Å². The highest BCUT2D eigenvalue weighted by atomic mass is 19.1. The lowest BCUT2D eigenvalue weighted by Gasteiger charge is -2.34. The van der Waals surface area contributed by atoms with Gasteiger partial charge in [0.25, 0.3) is 0 Å². The second-order valence-corrected chi connectivity index (χ2v) is 6.45. The Balaban J connectivity index is 1.53. The fourth-order valence-electron chi connectivity index (χ4n) is 3.34. The Morgan fingerprint density at radius 1 is 1.13 bits per heavy atom. The van der Waals surface area contributed by atoms with E-state index >= 15 is 0 Å². The third-order valence-electron chi connectivity index (χ3n) is 4.93. The summed E-state index contributed by atoms with van der Waals surface area (Å²) in [6.07, 6.45) is 1.09. The Labute approximate surface area is 133 Å². The van der Waals surface area contributed by atoms with Crippen molar-refractivity contribution in [3.8, 4) is 0 Å². The fraction of sp³-hybridized carbons (Fsp3) is 0.529. The number of amides is 1. The van der Waals surface area contributed by atoms with Gasteiger partial charge in [-0.15, -0.1) is 0 Å². The van der Waals surface area contributed by atoms with Crippen molar-refractivity contribution in [2.75, 3.05) is 13.1 Å². The van der Waals surface area contributed by atoms with Crippen LogP contribution in [0, 0.1) is 23.6 Å². The van der Waals surface area contributed by atoms with Gasteiger partial charge in [-0.2, -0.15) is 0 Å². The normalized spacial score (nSPS) is 25.9. The monoisotopic (exact) mass is 321 g/mol. The maximum atomic E-state index is 12.9. The maximum Gasteiger partial charge on any atom is 0.307 e. The third kappa shape index (κ3) is 3.37. The number of carboxylic acid groups (broad SMARTS) is 1. The van der Waals surface area contributed by atoms with Crippen molar-refractivity contribution in [1.29, 1.82) is 0 Å². The number of aliphatic carboxylic acids is 1. The summed E-state index contributed by atoms with van der Waals surface area (Å²) in [5.74, 6) is -2.18. The molecule has 1 aromatic carbocycles. The smallest absolute Gasteiger partial charge is 0.307 e. The van der Waals surface area contributed by atoms with Gasteiger partial charge < -0.3 is 15.1 Å². The van der Waals surface area contributed by atoms with Gasteiger partial charge in [0.1, 0.15) is 5.82 Å². The number of nitrogens with zero attached hydrogens (tertiary/aromatic N) is 1. The molecule has 2 fully saturated rings. The molecule has 0 aromatic heterocycles. The van der Waals surface area contributed by atoms with Crippen molar-refractivity contribution in [2.45, 2.75) is 25.4 Å². The lowest BCUT2D eigenvalue weighted by atomic mass is 9.87. The van der Waals surface area contributed by atoms with Gasteiger partial charge in [0.05, 0.1) is 17.9 Å². The zero-order valence-electron chi connectivity index (χ0n) is 12.7. The molecular formula is C17H20FNO4. The Bertz CT molecular complexity index is 595. The minimum Gasteiger partial charge on any atom is -0.481 e. The number of benzene rings is 1. The van der Waals surface area contributed by atoms with E-state index < -0.39 is 18.0 Å². The Morgan fingerprint density at radius 2 is 1.74 bits per heavy atom. The molecule has 1 heterocycles. The minimum atomic E-state index is -0.898. The highest BCUT2D eigenvalue weighted by molar-refractivity contribution is 5.89. The standard InChI is InChI=1S/C17H20FNO4/c18-12-3-1-10(2-4-12)15(20)11-5-7-19(8-6-11)16(21)13-9-14(13)17(22)23/h1-4,11,13-15,20H,5-9H2,(H,22,23)/t13-,14+,15+/m0/s1. The zero-order valence-corrected chi connectivity index (χ0v) is 12.7. The number of piperidine rings is 1. The second-order valence-electron chi connectivity index (χ2n) is 6.45. The van der Waals surface area contributed by atoms with Crippen LogP contribution >= 0.6 is 0 Å². The van der Waals surface area contributed by atoms with Crippen LogP contribution in [-0.4, -0.2) is 40.1 Å². The van der Waals surface area contributed by atoms with Gasteiger partial charge in [-0.05, 0) is 42.9 Å². The number of aliphatic hydroxyl groups excluding tert-OH is 1. The van der Waals surface area contributed by atoms with E-state index in [2.05, 4.69) is 0 Å². The lowest BCUT2D eigenvalue weighted by Crippen LogP contribution is -2.41. The summed E-state index contributed by atoms with van der Waals surface area (Å²) < 4.78 is 12.9. The Morgan fingerprint density at radius 3 is 2.26 bits per heavy atom. The van der Waals surface area contributed by atoms with Gasteiger partial charge in [0.2, 0.25) is 5.91 Å². The number of carboxylic acids is 1. The van der Waals surface area contributed by atoms with Gasteiger partial charge in [-0.1, -0.05) is 12.1 Å². The summed E-state index contributed by atoms with van der Waals surface area (Å²) in [7, 11) is 0. The number of likely N-dealkylation sites (tertiary alicyclic amines) is 1. The molecule has 2 N–H and O–H groups in total. The second kappa shape index (κ2) is 6.28. The molecular weight excluding hydrogens is 301 g/mol. The van der Waals surface area contributed by atoms with E-state index in [1.807, 2.05) is 0 Å². The van der Waals surface area contributed by atoms with Crippen molar-refractivity contribution >= 4 is 11.9 Å². The van der Waals surface area contributed by atoms with Crippen molar-refractivity contribution in [1.82, 2.24) is 4.90 Å². The van der Waals surface area contributed by atoms with E-state index in [1.165, 1.54) is 12.1 Å². The first kappa shape index (κ1) is 15.9. The van der Waals surface area contributed by atoms with Crippen molar-refractivity contribution in [2.24, 2.45) is 17.8 Å². The minimum absolute atomic E-state index is 0.0268. The molecule has 0 spiro atoms. The Hall–Kier alpha value is -1.95. The van der Waals surface area contributed by atoms with Crippen LogP contribution in [0.25, 0.3) is 0 Å². The summed E-state index contributed by atoms with van der Waals surface area (Å²) in [6, 6.07) is 5.82. The lowest BCUT2D eigenvalue weighted by molar-refractivity contribution is -0.142. The average molecular weight is 321 g/mol. The molecule has 1 amide bonds. The van der Waals surface area contributed by atoms with Crippen LogP contribution in [0.3, 0.4) is 0 Å². The maximum absolute atomic E-state index is 12.9. The predicted octanol–water partition coefficient (Wildman–Crippen LogP) is 1.82. The van der Waals surface area contributed by atoms with Crippen molar-refractivity contribution in [3.63, 3.8) is 0 Å². The molecule has 0 unspecified atom stereocenters. The molecule has 1 aliphatic heterocycles. The molecule has 124 valence electrons. The molecule has 1 saturated carbocycles. The number of hydrogen-bond donors (Lipinski definition) is 2. The number of rotatable bonds is 4. The topological polar surface area (TPSA) is 77.8 Å². The van der Waals surface area contributed by atoms with Crippen LogP contribution in [-0.2, 0) is 9.59 Å². The zero-order chi connectivity index (χ0) is 16.6. The van der Waals surface area contributed by atoms with Crippen LogP contribution in [0.2, 0.25) is 0 Å². The number of aliphatic hydroxyl groups is 1. The predicted molar refractivity (Wildman–Crippen MR) is 79.9 cm³/mol. The van der Waals surface area contributed by atoms with E-state index in [0.717, 1.165) is 0 Å². The van der Waals surface area contributed by atoms with E-state index in [-0.39, 0.29) is 23.6 Å². The van der Waals surface area contributed by atoms with Gasteiger partial charge in [-0.3, -0.25) is 9.59 Å². The number of halogens is 1. The first-order valence-electron chi connectivity index (χ1n) is 7.92. The molecule has 3 rings (SSSR count). The highest BCUT2D eigenvalue weighted by Gasteiger charge is 2.50. The van der Waals surface area contributed by atoms with Gasteiger partial charge >= 0.3 is 5.97 Å². The molecule has 2 aliphatic rings. The van der Waals surface area contributed by atoms with Gasteiger partial charge in [-0.25, -0.2) is 4.39 Å². The van der Waals surface area contributed by atoms with Gasteiger partial charge in [0, 0.05) is 13.1 Å². The molecule has 0 bridgehead atoms. The summed E-state index contributed by atoms with van der Waals surface area (Å²) >= 11 is 0. The van der Waals surface area contributed by atoms with E-state index in [4.69, 9.17) is 5.11 Å². The molecule has 1 aromatic rings. The van der Waals surface area contributed by atoms with Crippen LogP contribution in [0.1, 0.15) is 30.9 Å². The third-order valence-corrected chi connectivity index (χ3v) is 4.93. The largest absolute Gasteiger partial charge is 0.481 e. The summed E-state index contributed by atoms with van der Waals surface area (Å²) in [4.78, 5) is 24.8. The van der Waals surface area contributed by atoms with Crippen molar-refractivity contribution < 1.29 is 24.2 Å². The average Bonchev–Trinajstić information content (AvgIpc) is 3.35. The summed E-state index contributed by atoms with van der Waals surface area (Å²) in [5.41, 5.74) is 0.685. The number of carbonyl (C=O) groups excluding carboxylic acids is 1. The van der Waals surface area contributed by atoms with E-state index in [0.29, 0.717) is 37.9 Å². The molecule has 0 radical (unpaired) electrons. The first-order valence-corrected chi connectivity index (χ1v) is 7.92.